The molecule has 1 aliphatic carbocycles. The van der Waals surface area contributed by atoms with Gasteiger partial charge in [-0.1, -0.05) is 0 Å². The maximum atomic E-state index is 12.5. The van der Waals surface area contributed by atoms with Crippen LogP contribution in [0, 0.1) is 17.2 Å². The molecule has 0 heterocycles. The molecule has 1 aromatic rings. The van der Waals surface area contributed by atoms with Crippen LogP contribution in [0.1, 0.15) is 32.3 Å². The fourth-order valence-electron chi connectivity index (χ4n) is 2.43. The summed E-state index contributed by atoms with van der Waals surface area (Å²) in [6, 6.07) is 7.05. The average molecular weight is 288 g/mol. The van der Waals surface area contributed by atoms with Crippen LogP contribution in [-0.2, 0) is 9.53 Å². The molecule has 5 heteroatoms. The number of hydrogen-bond acceptors (Lipinski definition) is 4. The van der Waals surface area contributed by atoms with Crippen LogP contribution in [-0.4, -0.2) is 25.2 Å². The van der Waals surface area contributed by atoms with E-state index in [0.717, 1.165) is 12.8 Å². The van der Waals surface area contributed by atoms with Crippen molar-refractivity contribution in [2.45, 2.75) is 32.3 Å². The van der Waals surface area contributed by atoms with E-state index in [1.54, 1.807) is 18.2 Å². The maximum Gasteiger partial charge on any atom is 0.256 e. The van der Waals surface area contributed by atoms with Gasteiger partial charge in [-0.15, -0.1) is 0 Å². The summed E-state index contributed by atoms with van der Waals surface area (Å²) < 4.78 is 10.8. The van der Waals surface area contributed by atoms with Gasteiger partial charge >= 0.3 is 0 Å². The van der Waals surface area contributed by atoms with Crippen molar-refractivity contribution in [2.75, 3.05) is 19.0 Å². The minimum atomic E-state index is -0.804. The molecule has 1 N–H and O–H groups in total. The van der Waals surface area contributed by atoms with E-state index in [0.29, 0.717) is 23.6 Å². The molecule has 0 radical (unpaired) electrons. The number of methoxy groups -OCH3 is 1. The van der Waals surface area contributed by atoms with Crippen LogP contribution in [0.25, 0.3) is 0 Å². The van der Waals surface area contributed by atoms with Gasteiger partial charge in [-0.2, -0.15) is 5.26 Å². The summed E-state index contributed by atoms with van der Waals surface area (Å²) in [5.74, 6) is 0.595. The molecule has 1 fully saturated rings. The average Bonchev–Trinajstić information content (AvgIpc) is 3.32. The van der Waals surface area contributed by atoms with Crippen LogP contribution in [0.2, 0.25) is 0 Å². The first kappa shape index (κ1) is 15.3. The van der Waals surface area contributed by atoms with Crippen molar-refractivity contribution >= 4 is 11.6 Å². The van der Waals surface area contributed by atoms with E-state index < -0.39 is 5.60 Å². The highest BCUT2D eigenvalue weighted by Gasteiger charge is 2.48. The molecule has 1 saturated carbocycles. The summed E-state index contributed by atoms with van der Waals surface area (Å²) in [5, 5.41) is 11.9. The van der Waals surface area contributed by atoms with Gasteiger partial charge in [0.2, 0.25) is 0 Å². The summed E-state index contributed by atoms with van der Waals surface area (Å²) in [7, 11) is 1.51. The molecule has 1 amide bonds. The van der Waals surface area contributed by atoms with E-state index in [4.69, 9.17) is 14.7 Å². The first-order valence-corrected chi connectivity index (χ1v) is 7.08. The predicted octanol–water partition coefficient (Wildman–Crippen LogP) is 2.71. The Morgan fingerprint density at radius 1 is 1.52 bits per heavy atom. The van der Waals surface area contributed by atoms with E-state index in [9.17, 15) is 4.79 Å². The van der Waals surface area contributed by atoms with Gasteiger partial charge in [0.15, 0.2) is 0 Å². The predicted molar refractivity (Wildman–Crippen MR) is 79.1 cm³/mol. The summed E-state index contributed by atoms with van der Waals surface area (Å²) in [6.45, 7) is 4.21. The molecule has 0 unspecified atom stereocenters. The van der Waals surface area contributed by atoms with Crippen molar-refractivity contribution in [3.05, 3.63) is 23.8 Å². The standard InChI is InChI=1S/C16H20N2O3/c1-4-21-16(2,12-5-6-12)15(19)18-13-7-8-14(20-3)11(9-13)10-17/h7-9,12H,4-6H2,1-3H3,(H,18,19)/t16-/m1/s1. The highest BCUT2D eigenvalue weighted by molar-refractivity contribution is 5.97. The number of nitriles is 1. The molecule has 112 valence electrons. The lowest BCUT2D eigenvalue weighted by atomic mass is 9.98. The number of nitrogens with one attached hydrogen (secondary N) is 1. The number of amides is 1. The van der Waals surface area contributed by atoms with Crippen LogP contribution >= 0.6 is 0 Å². The fourth-order valence-corrected chi connectivity index (χ4v) is 2.43. The Morgan fingerprint density at radius 2 is 2.24 bits per heavy atom. The lowest BCUT2D eigenvalue weighted by Crippen LogP contribution is -2.44. The normalized spacial score (nSPS) is 16.7. The Kier molecular flexibility index (Phi) is 4.49. The third-order valence-electron chi connectivity index (χ3n) is 3.83. The molecular formula is C16H20N2O3. The number of nitrogens with zero attached hydrogens (tertiary/aromatic N) is 1. The smallest absolute Gasteiger partial charge is 0.256 e. The number of hydrogen-bond donors (Lipinski definition) is 1. The van der Waals surface area contributed by atoms with Crippen molar-refractivity contribution < 1.29 is 14.3 Å². The van der Waals surface area contributed by atoms with Gasteiger partial charge in [0.05, 0.1) is 12.7 Å². The summed E-state index contributed by atoms with van der Waals surface area (Å²) in [4.78, 5) is 12.5. The third-order valence-corrected chi connectivity index (χ3v) is 3.83. The first-order valence-electron chi connectivity index (χ1n) is 7.08. The maximum absolute atomic E-state index is 12.5. The summed E-state index contributed by atoms with van der Waals surface area (Å²) in [5.41, 5.74) is 0.158. The molecular weight excluding hydrogens is 268 g/mol. The Morgan fingerprint density at radius 3 is 2.76 bits per heavy atom. The van der Waals surface area contributed by atoms with E-state index in [-0.39, 0.29) is 11.8 Å². The van der Waals surface area contributed by atoms with Crippen LogP contribution in [0.4, 0.5) is 5.69 Å². The second-order valence-electron chi connectivity index (χ2n) is 5.30. The molecule has 2 rings (SSSR count). The summed E-state index contributed by atoms with van der Waals surface area (Å²) in [6.07, 6.45) is 2.02. The van der Waals surface area contributed by atoms with E-state index >= 15 is 0 Å². The molecule has 1 atom stereocenters. The number of rotatable bonds is 6. The lowest BCUT2D eigenvalue weighted by Gasteiger charge is -2.28. The van der Waals surface area contributed by atoms with Crippen molar-refractivity contribution in [3.63, 3.8) is 0 Å². The minimum Gasteiger partial charge on any atom is -0.495 e. The van der Waals surface area contributed by atoms with Gasteiger partial charge < -0.3 is 14.8 Å². The number of ether oxygens (including phenoxy) is 2. The molecule has 0 spiro atoms. The molecule has 1 aliphatic rings. The van der Waals surface area contributed by atoms with E-state index in [1.807, 2.05) is 13.8 Å². The molecule has 1 aromatic carbocycles. The molecule has 0 aliphatic heterocycles. The highest BCUT2D eigenvalue weighted by Crippen LogP contribution is 2.42. The summed E-state index contributed by atoms with van der Waals surface area (Å²) >= 11 is 0. The molecule has 21 heavy (non-hydrogen) atoms. The monoisotopic (exact) mass is 288 g/mol. The number of carbonyl (C=O) groups excluding carboxylic acids is 1. The first-order chi connectivity index (χ1) is 10.0. The zero-order chi connectivity index (χ0) is 15.5. The number of carbonyl (C=O) groups is 1. The van der Waals surface area contributed by atoms with Crippen molar-refractivity contribution in [3.8, 4) is 11.8 Å². The van der Waals surface area contributed by atoms with Gasteiger partial charge in [0.25, 0.3) is 5.91 Å². The SMILES string of the molecule is CCO[C@@](C)(C(=O)Nc1ccc(OC)c(C#N)c1)C1CC1. The van der Waals surface area contributed by atoms with Gasteiger partial charge in [0, 0.05) is 12.3 Å². The van der Waals surface area contributed by atoms with Gasteiger partial charge in [-0.05, 0) is 50.8 Å². The lowest BCUT2D eigenvalue weighted by molar-refractivity contribution is -0.141. The largest absolute Gasteiger partial charge is 0.495 e. The van der Waals surface area contributed by atoms with Crippen LogP contribution in [0.15, 0.2) is 18.2 Å². The van der Waals surface area contributed by atoms with Crippen LogP contribution in [0.5, 0.6) is 5.75 Å². The third kappa shape index (κ3) is 3.17. The van der Waals surface area contributed by atoms with Gasteiger partial charge in [-0.3, -0.25) is 4.79 Å². The second kappa shape index (κ2) is 6.15. The van der Waals surface area contributed by atoms with Gasteiger partial charge in [-0.25, -0.2) is 0 Å². The molecule has 5 nitrogen and oxygen atoms in total. The Bertz CT molecular complexity index is 575. The topological polar surface area (TPSA) is 71.3 Å². The van der Waals surface area contributed by atoms with E-state index in [1.165, 1.54) is 7.11 Å². The molecule has 0 aromatic heterocycles. The minimum absolute atomic E-state index is 0.166. The second-order valence-corrected chi connectivity index (χ2v) is 5.30. The number of anilines is 1. The number of benzene rings is 1. The fraction of sp³-hybridized carbons (Fsp3) is 0.500. The quantitative estimate of drug-likeness (QED) is 0.873. The zero-order valence-corrected chi connectivity index (χ0v) is 12.6. The van der Waals surface area contributed by atoms with Crippen molar-refractivity contribution in [1.82, 2.24) is 0 Å². The van der Waals surface area contributed by atoms with Crippen molar-refractivity contribution in [1.29, 1.82) is 5.26 Å². The van der Waals surface area contributed by atoms with E-state index in [2.05, 4.69) is 11.4 Å². The van der Waals surface area contributed by atoms with Gasteiger partial charge in [0.1, 0.15) is 17.4 Å². The van der Waals surface area contributed by atoms with Crippen LogP contribution in [0.3, 0.4) is 0 Å². The molecule has 0 saturated heterocycles. The Hall–Kier alpha value is -2.06. The Balaban J connectivity index is 2.17. The highest BCUT2D eigenvalue weighted by atomic mass is 16.5. The Labute approximate surface area is 124 Å². The van der Waals surface area contributed by atoms with Crippen molar-refractivity contribution in [2.24, 2.45) is 5.92 Å². The van der Waals surface area contributed by atoms with Crippen LogP contribution < -0.4 is 10.1 Å². The molecule has 0 bridgehead atoms. The zero-order valence-electron chi connectivity index (χ0n) is 12.6.